The highest BCUT2D eigenvalue weighted by molar-refractivity contribution is 5.39. The van der Waals surface area contributed by atoms with E-state index < -0.39 is 0 Å². The molecule has 0 fully saturated rings. The molecule has 2 nitrogen and oxygen atoms in total. The van der Waals surface area contributed by atoms with E-state index in [1.54, 1.807) is 12.1 Å². The summed E-state index contributed by atoms with van der Waals surface area (Å²) in [5.74, 6) is 1.07. The number of allylic oxidation sites excluding steroid dienone is 7. The lowest BCUT2D eigenvalue weighted by Gasteiger charge is -2.11. The second-order valence-corrected chi connectivity index (χ2v) is 6.51. The maximum Gasteiger partial charge on any atom is 0.123 e. The lowest BCUT2D eigenvalue weighted by Crippen LogP contribution is -2.23. The van der Waals surface area contributed by atoms with E-state index in [0.29, 0.717) is 18.3 Å². The van der Waals surface area contributed by atoms with E-state index in [0.717, 1.165) is 11.3 Å². The van der Waals surface area contributed by atoms with Crippen LogP contribution in [0.5, 0.6) is 0 Å². The van der Waals surface area contributed by atoms with Gasteiger partial charge in [-0.05, 0) is 62.5 Å². The van der Waals surface area contributed by atoms with Gasteiger partial charge in [0.15, 0.2) is 0 Å². The Hall–Kier alpha value is -2.55. The van der Waals surface area contributed by atoms with E-state index in [1.165, 1.54) is 23.3 Å². The third kappa shape index (κ3) is 14.1. The van der Waals surface area contributed by atoms with Crippen molar-refractivity contribution >= 4 is 0 Å². The fraction of sp³-hybridized carbons (Fsp3) is 0.385. The predicted octanol–water partition coefficient (Wildman–Crippen LogP) is 7.65. The minimum Gasteiger partial charge on any atom is -0.368 e. The summed E-state index contributed by atoms with van der Waals surface area (Å²) in [5, 5.41) is 6.01. The molecule has 0 amide bonds. The molecule has 3 heteroatoms. The normalized spacial score (nSPS) is 11.2. The molecule has 0 heterocycles. The van der Waals surface area contributed by atoms with Gasteiger partial charge < -0.3 is 10.6 Å². The summed E-state index contributed by atoms with van der Waals surface area (Å²) in [6.45, 7) is 24.6. The summed E-state index contributed by atoms with van der Waals surface area (Å²) in [7, 11) is 0. The van der Waals surface area contributed by atoms with Crippen molar-refractivity contribution in [2.24, 2.45) is 5.92 Å². The van der Waals surface area contributed by atoms with Gasteiger partial charge in [0.2, 0.25) is 0 Å². The molecule has 0 saturated carbocycles. The Morgan fingerprint density at radius 2 is 1.59 bits per heavy atom. The average Bonchev–Trinajstić information content (AvgIpc) is 2.68. The topological polar surface area (TPSA) is 24.1 Å². The Kier molecular flexibility index (Phi) is 17.3. The standard InChI is InChI=1S/C12H15FN2.C12H20.C2H6/c1-9(2)15-10(3)14-8-11-4-6-12(13)7-5-11;1-6-9-11(7-2)12(8-3)10(4)5;1-2/h4-7,14-15H,1,3,8H2,2H3;6-10H,1-5H3;1-2H3/b;9-6-,11-7+,12-8+;. The summed E-state index contributed by atoms with van der Waals surface area (Å²) in [5.41, 5.74) is 4.60. The van der Waals surface area contributed by atoms with E-state index in [4.69, 9.17) is 0 Å². The summed E-state index contributed by atoms with van der Waals surface area (Å²) < 4.78 is 12.6. The number of halogens is 1. The van der Waals surface area contributed by atoms with Crippen molar-refractivity contribution in [3.05, 3.63) is 95.8 Å². The fourth-order valence-electron chi connectivity index (χ4n) is 2.48. The largest absolute Gasteiger partial charge is 0.368 e. The molecule has 0 atom stereocenters. The first kappa shape index (κ1) is 28.7. The summed E-state index contributed by atoms with van der Waals surface area (Å²) in [6.07, 6.45) is 8.60. The second-order valence-electron chi connectivity index (χ2n) is 6.51. The van der Waals surface area contributed by atoms with Gasteiger partial charge in [0.05, 0.1) is 5.82 Å². The van der Waals surface area contributed by atoms with Gasteiger partial charge in [-0.15, -0.1) is 0 Å². The van der Waals surface area contributed by atoms with E-state index in [2.05, 4.69) is 82.7 Å². The van der Waals surface area contributed by atoms with Crippen molar-refractivity contribution < 1.29 is 4.39 Å². The molecule has 1 aromatic carbocycles. The van der Waals surface area contributed by atoms with Crippen LogP contribution in [0.25, 0.3) is 0 Å². The highest BCUT2D eigenvalue weighted by Gasteiger charge is 2.03. The lowest BCUT2D eigenvalue weighted by atomic mass is 9.94. The zero-order chi connectivity index (χ0) is 22.8. The Labute approximate surface area is 179 Å². The molecule has 0 radical (unpaired) electrons. The monoisotopic (exact) mass is 400 g/mol. The Morgan fingerprint density at radius 1 is 1.03 bits per heavy atom. The smallest absolute Gasteiger partial charge is 0.123 e. The third-order valence-electron chi connectivity index (χ3n) is 3.71. The summed E-state index contributed by atoms with van der Waals surface area (Å²) in [6, 6.07) is 6.34. The molecule has 2 N–H and O–H groups in total. The van der Waals surface area contributed by atoms with Crippen LogP contribution >= 0.6 is 0 Å². The molecule has 0 bridgehead atoms. The molecular weight excluding hydrogens is 359 g/mol. The molecule has 162 valence electrons. The van der Waals surface area contributed by atoms with Crippen LogP contribution in [0.15, 0.2) is 84.4 Å². The zero-order valence-corrected chi connectivity index (χ0v) is 19.7. The second kappa shape index (κ2) is 17.5. The molecule has 0 aliphatic rings. The van der Waals surface area contributed by atoms with Gasteiger partial charge in [-0.2, -0.15) is 0 Å². The minimum absolute atomic E-state index is 0.224. The molecule has 1 aromatic rings. The molecule has 29 heavy (non-hydrogen) atoms. The van der Waals surface area contributed by atoms with Crippen molar-refractivity contribution in [3.8, 4) is 0 Å². The molecule has 0 aliphatic carbocycles. The SMILES string of the molecule is C=C(C)NC(=C)NCc1ccc(F)cc1.CC.C\C=C/C(=C\C)C(=C/C)/C(C)C. The Balaban J connectivity index is 0. The van der Waals surface area contributed by atoms with Crippen LogP contribution in [0, 0.1) is 11.7 Å². The van der Waals surface area contributed by atoms with Crippen LogP contribution in [0.1, 0.15) is 61.0 Å². The lowest BCUT2D eigenvalue weighted by molar-refractivity contribution is 0.626. The molecule has 0 aromatic heterocycles. The van der Waals surface area contributed by atoms with E-state index >= 15 is 0 Å². The van der Waals surface area contributed by atoms with Gasteiger partial charge >= 0.3 is 0 Å². The highest BCUT2D eigenvalue weighted by atomic mass is 19.1. The molecule has 0 unspecified atom stereocenters. The van der Waals surface area contributed by atoms with Crippen molar-refractivity contribution in [2.45, 2.75) is 61.9 Å². The Bertz CT molecular complexity index is 677. The average molecular weight is 401 g/mol. The van der Waals surface area contributed by atoms with Crippen molar-refractivity contribution in [2.75, 3.05) is 0 Å². The van der Waals surface area contributed by atoms with Crippen LogP contribution in [0.4, 0.5) is 4.39 Å². The maximum atomic E-state index is 12.6. The number of hydrogen-bond acceptors (Lipinski definition) is 2. The fourth-order valence-corrected chi connectivity index (χ4v) is 2.48. The molecule has 0 saturated heterocycles. The quantitative estimate of drug-likeness (QED) is 0.438. The van der Waals surface area contributed by atoms with E-state index in [1.807, 2.05) is 20.8 Å². The number of benzene rings is 1. The highest BCUT2D eigenvalue weighted by Crippen LogP contribution is 2.20. The zero-order valence-electron chi connectivity index (χ0n) is 19.7. The first-order chi connectivity index (χ1) is 13.7. The maximum absolute atomic E-state index is 12.6. The number of rotatable bonds is 8. The predicted molar refractivity (Wildman–Crippen MR) is 129 cm³/mol. The van der Waals surface area contributed by atoms with Crippen LogP contribution < -0.4 is 10.6 Å². The number of hydrogen-bond donors (Lipinski definition) is 2. The first-order valence-electron chi connectivity index (χ1n) is 10.3. The van der Waals surface area contributed by atoms with Crippen molar-refractivity contribution in [1.29, 1.82) is 0 Å². The molecule has 0 spiro atoms. The summed E-state index contributed by atoms with van der Waals surface area (Å²) >= 11 is 0. The minimum atomic E-state index is -0.224. The van der Waals surface area contributed by atoms with Gasteiger partial charge in [-0.3, -0.25) is 0 Å². The van der Waals surface area contributed by atoms with Crippen LogP contribution in [-0.4, -0.2) is 0 Å². The molecule has 0 aliphatic heterocycles. The number of nitrogens with one attached hydrogen (secondary N) is 2. The van der Waals surface area contributed by atoms with Crippen molar-refractivity contribution in [1.82, 2.24) is 10.6 Å². The molecule has 1 rings (SSSR count). The van der Waals surface area contributed by atoms with Gasteiger partial charge in [0.25, 0.3) is 0 Å². The summed E-state index contributed by atoms with van der Waals surface area (Å²) in [4.78, 5) is 0. The van der Waals surface area contributed by atoms with E-state index in [-0.39, 0.29) is 5.82 Å². The Morgan fingerprint density at radius 3 is 1.97 bits per heavy atom. The van der Waals surface area contributed by atoms with Crippen LogP contribution in [0.2, 0.25) is 0 Å². The van der Waals surface area contributed by atoms with Gasteiger partial charge in [0.1, 0.15) is 5.82 Å². The van der Waals surface area contributed by atoms with Gasteiger partial charge in [-0.25, -0.2) is 4.39 Å². The van der Waals surface area contributed by atoms with E-state index in [9.17, 15) is 4.39 Å². The van der Waals surface area contributed by atoms with Crippen LogP contribution in [0.3, 0.4) is 0 Å². The first-order valence-corrected chi connectivity index (χ1v) is 10.3. The van der Waals surface area contributed by atoms with Gasteiger partial charge in [0, 0.05) is 12.2 Å². The van der Waals surface area contributed by atoms with Gasteiger partial charge in [-0.1, -0.05) is 77.3 Å². The third-order valence-corrected chi connectivity index (χ3v) is 3.71. The molecular formula is C26H41FN2. The van der Waals surface area contributed by atoms with Crippen LogP contribution in [-0.2, 0) is 6.54 Å². The van der Waals surface area contributed by atoms with Crippen molar-refractivity contribution in [3.63, 3.8) is 0 Å².